The number of halogens is 1. The summed E-state index contributed by atoms with van der Waals surface area (Å²) in [5.41, 5.74) is -0.279. The largest absolute Gasteiger partial charge is 0.395 e. The fourth-order valence-electron chi connectivity index (χ4n) is 2.24. The lowest BCUT2D eigenvalue weighted by atomic mass is 10.0. The Bertz CT molecular complexity index is 1040. The summed E-state index contributed by atoms with van der Waals surface area (Å²) < 4.78 is 1.60. The topological polar surface area (TPSA) is 115 Å². The smallest absolute Gasteiger partial charge is 0.358 e. The van der Waals surface area contributed by atoms with Gasteiger partial charge in [0.15, 0.2) is 0 Å². The SMILES string of the molecule is Cn1nc([N+](=O)[O-])c([C@@H](C#N)c2nc3ccccc3s2)c(Cl)c1=O. The van der Waals surface area contributed by atoms with Gasteiger partial charge in [0.2, 0.25) is 0 Å². The van der Waals surface area contributed by atoms with Crippen LogP contribution in [0.4, 0.5) is 5.82 Å². The second kappa shape index (κ2) is 5.99. The number of nitrogens with zero attached hydrogens (tertiary/aromatic N) is 5. The maximum absolute atomic E-state index is 12.0. The number of thiazole rings is 1. The molecule has 0 aliphatic heterocycles. The number of rotatable bonds is 3. The molecule has 0 saturated carbocycles. The first-order chi connectivity index (χ1) is 11.4. The van der Waals surface area contributed by atoms with Crippen LogP contribution in [0.2, 0.25) is 5.02 Å². The molecule has 0 aliphatic rings. The van der Waals surface area contributed by atoms with Crippen molar-refractivity contribution in [3.63, 3.8) is 0 Å². The van der Waals surface area contributed by atoms with Crippen LogP contribution in [-0.2, 0) is 7.05 Å². The Labute approximate surface area is 143 Å². The first-order valence-electron chi connectivity index (χ1n) is 6.60. The summed E-state index contributed by atoms with van der Waals surface area (Å²) in [4.78, 5) is 26.9. The third-order valence-electron chi connectivity index (χ3n) is 3.35. The molecule has 120 valence electrons. The fourth-order valence-corrected chi connectivity index (χ4v) is 3.58. The first kappa shape index (κ1) is 16.0. The standard InChI is InChI=1S/C14H8ClN5O3S/c1-19-14(21)11(15)10(12(18-19)20(22)23)7(6-16)13-17-8-4-2-3-5-9(8)24-13/h2-5,7H,1H3/t7-/m1/s1. The minimum Gasteiger partial charge on any atom is -0.358 e. The minimum atomic E-state index is -1.16. The van der Waals surface area contributed by atoms with Crippen molar-refractivity contribution in [3.05, 3.63) is 60.3 Å². The van der Waals surface area contributed by atoms with E-state index in [9.17, 15) is 20.2 Å². The van der Waals surface area contributed by atoms with Gasteiger partial charge in [0.25, 0.3) is 0 Å². The summed E-state index contributed by atoms with van der Waals surface area (Å²) in [5, 5.41) is 24.4. The number of nitriles is 1. The molecule has 2 heterocycles. The van der Waals surface area contributed by atoms with Crippen molar-refractivity contribution in [3.8, 4) is 6.07 Å². The van der Waals surface area contributed by atoms with Gasteiger partial charge in [-0.15, -0.1) is 16.0 Å². The maximum Gasteiger partial charge on any atom is 0.395 e. The van der Waals surface area contributed by atoms with Crippen molar-refractivity contribution in [2.75, 3.05) is 0 Å². The molecule has 2 aromatic heterocycles. The molecule has 3 aromatic rings. The summed E-state index contributed by atoms with van der Waals surface area (Å²) in [5.74, 6) is -1.79. The van der Waals surface area contributed by atoms with Crippen molar-refractivity contribution in [1.82, 2.24) is 14.8 Å². The zero-order valence-corrected chi connectivity index (χ0v) is 13.7. The number of nitro groups is 1. The molecule has 3 rings (SSSR count). The first-order valence-corrected chi connectivity index (χ1v) is 7.79. The van der Waals surface area contributed by atoms with Gasteiger partial charge in [0.1, 0.15) is 21.5 Å². The van der Waals surface area contributed by atoms with E-state index in [4.69, 9.17) is 11.6 Å². The van der Waals surface area contributed by atoms with Gasteiger partial charge in [-0.25, -0.2) is 4.98 Å². The van der Waals surface area contributed by atoms with Gasteiger partial charge in [0.05, 0.1) is 28.4 Å². The molecule has 0 unspecified atom stereocenters. The highest BCUT2D eigenvalue weighted by Crippen LogP contribution is 2.37. The van der Waals surface area contributed by atoms with Crippen molar-refractivity contribution < 1.29 is 4.92 Å². The number of fused-ring (bicyclic) bond motifs is 1. The normalized spacial score (nSPS) is 12.0. The van der Waals surface area contributed by atoms with Crippen molar-refractivity contribution in [2.24, 2.45) is 7.05 Å². The van der Waals surface area contributed by atoms with Crippen molar-refractivity contribution >= 4 is 39.0 Å². The van der Waals surface area contributed by atoms with E-state index in [-0.39, 0.29) is 5.56 Å². The average molecular weight is 362 g/mol. The van der Waals surface area contributed by atoms with Crippen LogP contribution in [0.1, 0.15) is 16.5 Å². The monoisotopic (exact) mass is 361 g/mol. The quantitative estimate of drug-likeness (QED) is 0.523. The number of benzene rings is 1. The molecule has 0 N–H and O–H groups in total. The predicted octanol–water partition coefficient (Wildman–Crippen LogP) is 2.61. The van der Waals surface area contributed by atoms with Gasteiger partial charge in [-0.05, 0) is 17.1 Å². The van der Waals surface area contributed by atoms with E-state index in [1.54, 1.807) is 12.1 Å². The molecule has 1 atom stereocenters. The second-order valence-corrected chi connectivity index (χ2v) is 6.26. The summed E-state index contributed by atoms with van der Waals surface area (Å²) in [6, 6.07) is 9.15. The molecule has 24 heavy (non-hydrogen) atoms. The Morgan fingerprint density at radius 2 is 2.17 bits per heavy atom. The molecule has 0 radical (unpaired) electrons. The fraction of sp³-hybridized carbons (Fsp3) is 0.143. The number of hydrogen-bond acceptors (Lipinski definition) is 7. The molecule has 0 spiro atoms. The number of aromatic nitrogens is 3. The van der Waals surface area contributed by atoms with E-state index in [0.717, 1.165) is 9.38 Å². The number of para-hydroxylation sites is 1. The van der Waals surface area contributed by atoms with Gasteiger partial charge >= 0.3 is 11.4 Å². The van der Waals surface area contributed by atoms with Crippen LogP contribution in [-0.4, -0.2) is 19.7 Å². The Hall–Kier alpha value is -2.83. The van der Waals surface area contributed by atoms with Gasteiger partial charge < -0.3 is 10.1 Å². The lowest BCUT2D eigenvalue weighted by Gasteiger charge is -2.08. The Morgan fingerprint density at radius 3 is 2.79 bits per heavy atom. The van der Waals surface area contributed by atoms with Crippen LogP contribution in [0.5, 0.6) is 0 Å². The number of aryl methyl sites for hydroxylation is 1. The Morgan fingerprint density at radius 1 is 1.46 bits per heavy atom. The van der Waals surface area contributed by atoms with E-state index in [1.807, 2.05) is 18.2 Å². The van der Waals surface area contributed by atoms with E-state index >= 15 is 0 Å². The van der Waals surface area contributed by atoms with Gasteiger partial charge in [-0.3, -0.25) is 4.79 Å². The van der Waals surface area contributed by atoms with Crippen LogP contribution in [0.15, 0.2) is 29.1 Å². The number of hydrogen-bond donors (Lipinski definition) is 0. The molecule has 0 fully saturated rings. The zero-order chi connectivity index (χ0) is 17.4. The Kier molecular flexibility index (Phi) is 4.01. The summed E-state index contributed by atoms with van der Waals surface area (Å²) in [7, 11) is 1.25. The molecular weight excluding hydrogens is 354 g/mol. The molecule has 0 aliphatic carbocycles. The highest BCUT2D eigenvalue weighted by Gasteiger charge is 2.33. The lowest BCUT2D eigenvalue weighted by molar-refractivity contribution is -0.391. The van der Waals surface area contributed by atoms with Gasteiger partial charge in [0, 0.05) is 0 Å². The van der Waals surface area contributed by atoms with Crippen LogP contribution >= 0.6 is 22.9 Å². The lowest BCUT2D eigenvalue weighted by Crippen LogP contribution is -2.24. The van der Waals surface area contributed by atoms with Gasteiger partial charge in [-0.1, -0.05) is 23.7 Å². The van der Waals surface area contributed by atoms with Crippen LogP contribution in [0.3, 0.4) is 0 Å². The molecule has 0 amide bonds. The van der Waals surface area contributed by atoms with Crippen LogP contribution in [0, 0.1) is 21.4 Å². The highest BCUT2D eigenvalue weighted by atomic mass is 35.5. The van der Waals surface area contributed by atoms with Crippen LogP contribution < -0.4 is 5.56 Å². The molecule has 8 nitrogen and oxygen atoms in total. The summed E-state index contributed by atoms with van der Waals surface area (Å²) >= 11 is 7.23. The summed E-state index contributed by atoms with van der Waals surface area (Å²) in [6.07, 6.45) is 0. The molecule has 0 saturated heterocycles. The van der Waals surface area contributed by atoms with Gasteiger partial charge in [-0.2, -0.15) is 5.26 Å². The highest BCUT2D eigenvalue weighted by molar-refractivity contribution is 7.18. The third kappa shape index (κ3) is 2.51. The third-order valence-corrected chi connectivity index (χ3v) is 4.82. The maximum atomic E-state index is 12.0. The van der Waals surface area contributed by atoms with Crippen molar-refractivity contribution in [1.29, 1.82) is 5.26 Å². The summed E-state index contributed by atoms with van der Waals surface area (Å²) in [6.45, 7) is 0. The van der Waals surface area contributed by atoms with Crippen LogP contribution in [0.25, 0.3) is 10.2 Å². The second-order valence-electron chi connectivity index (χ2n) is 4.82. The van der Waals surface area contributed by atoms with E-state index in [2.05, 4.69) is 10.1 Å². The predicted molar refractivity (Wildman–Crippen MR) is 88.2 cm³/mol. The molecule has 1 aromatic carbocycles. The van der Waals surface area contributed by atoms with E-state index < -0.39 is 27.2 Å². The molecule has 0 bridgehead atoms. The Balaban J connectivity index is 2.29. The average Bonchev–Trinajstić information content (AvgIpc) is 2.98. The zero-order valence-electron chi connectivity index (χ0n) is 12.1. The minimum absolute atomic E-state index is 0.230. The van der Waals surface area contributed by atoms with E-state index in [1.165, 1.54) is 18.4 Å². The van der Waals surface area contributed by atoms with E-state index in [0.29, 0.717) is 10.5 Å². The van der Waals surface area contributed by atoms with Crippen molar-refractivity contribution in [2.45, 2.75) is 5.92 Å². The molecular formula is C14H8ClN5O3S. The molecule has 10 heteroatoms.